The van der Waals surface area contributed by atoms with Crippen molar-refractivity contribution in [3.63, 3.8) is 0 Å². The van der Waals surface area contributed by atoms with E-state index >= 15 is 0 Å². The van der Waals surface area contributed by atoms with Gasteiger partial charge in [-0.25, -0.2) is 4.79 Å². The van der Waals surface area contributed by atoms with Crippen LogP contribution in [0, 0.1) is 0 Å². The number of para-hydroxylation sites is 4. The maximum absolute atomic E-state index is 12.2. The number of carbonyl (C=O) groups is 1. The number of aryl methyl sites for hydroxylation is 1. The van der Waals surface area contributed by atoms with Crippen molar-refractivity contribution in [2.45, 2.75) is 19.6 Å². The molecule has 11 heteroatoms. The summed E-state index contributed by atoms with van der Waals surface area (Å²) in [6.45, 7) is -0.0815. The van der Waals surface area contributed by atoms with E-state index in [1.807, 2.05) is 12.1 Å². The van der Waals surface area contributed by atoms with E-state index in [9.17, 15) is 9.59 Å². The molecule has 0 aliphatic carbocycles. The number of aromatic nitrogens is 4. The molecule has 0 atom stereocenters. The molecule has 0 aliphatic heterocycles. The number of anilines is 3. The van der Waals surface area contributed by atoms with Gasteiger partial charge in [0.05, 0.1) is 24.7 Å². The van der Waals surface area contributed by atoms with Crippen LogP contribution >= 0.6 is 0 Å². The number of carbonyl (C=O) groups excluding carboxylic acids is 1. The van der Waals surface area contributed by atoms with Crippen molar-refractivity contribution >= 4 is 34.7 Å². The SMILES string of the molecule is COc1ccccc1Nc1nc(N)nc(COC(=O)CCn2c(=O)oc3ccccc32)n1. The number of oxazole rings is 1. The van der Waals surface area contributed by atoms with Crippen LogP contribution in [0.5, 0.6) is 5.75 Å². The second kappa shape index (κ2) is 9.16. The fourth-order valence-electron chi connectivity index (χ4n) is 3.07. The molecular weight excluding hydrogens is 416 g/mol. The molecule has 0 radical (unpaired) electrons. The number of nitrogens with one attached hydrogen (secondary N) is 1. The molecule has 0 amide bonds. The molecule has 0 fully saturated rings. The van der Waals surface area contributed by atoms with Crippen LogP contribution in [-0.2, 0) is 22.7 Å². The Morgan fingerprint density at radius 2 is 1.91 bits per heavy atom. The summed E-state index contributed by atoms with van der Waals surface area (Å²) >= 11 is 0. The number of esters is 1. The van der Waals surface area contributed by atoms with Crippen LogP contribution in [0.25, 0.3) is 11.1 Å². The lowest BCUT2D eigenvalue weighted by Gasteiger charge is -2.11. The fraction of sp³-hybridized carbons (Fsp3) is 0.190. The molecule has 4 aromatic rings. The van der Waals surface area contributed by atoms with Crippen LogP contribution in [-0.4, -0.2) is 32.6 Å². The molecule has 4 rings (SSSR count). The Morgan fingerprint density at radius 1 is 1.12 bits per heavy atom. The van der Waals surface area contributed by atoms with Crippen LogP contribution < -0.4 is 21.5 Å². The molecular formula is C21H20N6O5. The van der Waals surface area contributed by atoms with E-state index in [0.29, 0.717) is 22.5 Å². The largest absolute Gasteiger partial charge is 0.495 e. The quantitative estimate of drug-likeness (QED) is 0.394. The van der Waals surface area contributed by atoms with Gasteiger partial charge in [-0.3, -0.25) is 9.36 Å². The number of methoxy groups -OCH3 is 1. The Kier molecular flexibility index (Phi) is 5.97. The van der Waals surface area contributed by atoms with Crippen molar-refractivity contribution in [3.05, 3.63) is 64.9 Å². The van der Waals surface area contributed by atoms with E-state index in [0.717, 1.165) is 0 Å². The minimum absolute atomic E-state index is 0.0279. The molecule has 11 nitrogen and oxygen atoms in total. The van der Waals surface area contributed by atoms with E-state index in [-0.39, 0.29) is 37.3 Å². The predicted octanol–water partition coefficient (Wildman–Crippen LogP) is 2.25. The van der Waals surface area contributed by atoms with Gasteiger partial charge in [0, 0.05) is 6.54 Å². The molecule has 3 N–H and O–H groups in total. The maximum Gasteiger partial charge on any atom is 0.419 e. The highest BCUT2D eigenvalue weighted by molar-refractivity contribution is 5.73. The first-order valence-corrected chi connectivity index (χ1v) is 9.68. The highest BCUT2D eigenvalue weighted by atomic mass is 16.5. The van der Waals surface area contributed by atoms with Gasteiger partial charge in [0.15, 0.2) is 18.0 Å². The van der Waals surface area contributed by atoms with Crippen molar-refractivity contribution in [2.75, 3.05) is 18.2 Å². The lowest BCUT2D eigenvalue weighted by molar-refractivity contribution is -0.145. The summed E-state index contributed by atoms with van der Waals surface area (Å²) in [5.74, 6) is -0.128. The molecule has 0 saturated heterocycles. The summed E-state index contributed by atoms with van der Waals surface area (Å²) in [6, 6.07) is 14.2. The molecule has 2 aromatic carbocycles. The molecule has 0 aliphatic rings. The highest BCUT2D eigenvalue weighted by Gasteiger charge is 2.13. The zero-order chi connectivity index (χ0) is 22.5. The molecule has 0 spiro atoms. The Labute approximate surface area is 181 Å². The number of nitrogen functional groups attached to an aromatic ring is 1. The molecule has 32 heavy (non-hydrogen) atoms. The van der Waals surface area contributed by atoms with Crippen LogP contribution in [0.15, 0.2) is 57.7 Å². The van der Waals surface area contributed by atoms with Gasteiger partial charge in [-0.1, -0.05) is 24.3 Å². The lowest BCUT2D eigenvalue weighted by Crippen LogP contribution is -2.18. The van der Waals surface area contributed by atoms with Crippen molar-refractivity contribution < 1.29 is 18.7 Å². The summed E-state index contributed by atoms with van der Waals surface area (Å²) in [5.41, 5.74) is 7.47. The first kappa shape index (κ1) is 20.8. The Hall–Kier alpha value is -4.41. The summed E-state index contributed by atoms with van der Waals surface area (Å²) in [5, 5.41) is 3.00. The molecule has 164 valence electrons. The first-order chi connectivity index (χ1) is 15.5. The van der Waals surface area contributed by atoms with Crippen molar-refractivity contribution in [1.82, 2.24) is 19.5 Å². The van der Waals surface area contributed by atoms with E-state index in [2.05, 4.69) is 20.3 Å². The predicted molar refractivity (Wildman–Crippen MR) is 115 cm³/mol. The number of hydrogen-bond donors (Lipinski definition) is 2. The van der Waals surface area contributed by atoms with Crippen molar-refractivity contribution in [2.24, 2.45) is 0 Å². The van der Waals surface area contributed by atoms with Gasteiger partial charge in [0.1, 0.15) is 5.75 Å². The molecule has 0 bridgehead atoms. The van der Waals surface area contributed by atoms with Crippen LogP contribution in [0.2, 0.25) is 0 Å². The first-order valence-electron chi connectivity index (χ1n) is 9.68. The number of hydrogen-bond acceptors (Lipinski definition) is 10. The van der Waals surface area contributed by atoms with Gasteiger partial charge in [-0.05, 0) is 24.3 Å². The van der Waals surface area contributed by atoms with E-state index < -0.39 is 11.7 Å². The van der Waals surface area contributed by atoms with Gasteiger partial charge in [0.25, 0.3) is 0 Å². The second-order valence-electron chi connectivity index (χ2n) is 6.66. The minimum Gasteiger partial charge on any atom is -0.495 e. The monoisotopic (exact) mass is 436 g/mol. The van der Waals surface area contributed by atoms with Gasteiger partial charge < -0.3 is 24.9 Å². The third-order valence-electron chi connectivity index (χ3n) is 4.53. The number of nitrogens with two attached hydrogens (primary N) is 1. The van der Waals surface area contributed by atoms with Crippen molar-refractivity contribution in [1.29, 1.82) is 0 Å². The van der Waals surface area contributed by atoms with Gasteiger partial charge >= 0.3 is 11.7 Å². The lowest BCUT2D eigenvalue weighted by atomic mass is 10.3. The standard InChI is InChI=1S/C21H20N6O5/c1-30-15-8-4-2-6-13(15)23-20-25-17(24-19(22)26-20)12-31-18(28)10-11-27-14-7-3-5-9-16(14)32-21(27)29/h2-9H,10-12H2,1H3,(H3,22,23,24,25,26). The number of ether oxygens (including phenoxy) is 2. The third kappa shape index (κ3) is 4.67. The number of rotatable bonds is 8. The molecule has 0 unspecified atom stereocenters. The smallest absolute Gasteiger partial charge is 0.419 e. The zero-order valence-corrected chi connectivity index (χ0v) is 17.1. The van der Waals surface area contributed by atoms with Crippen LogP contribution in [0.4, 0.5) is 17.6 Å². The van der Waals surface area contributed by atoms with E-state index in [4.69, 9.17) is 19.6 Å². The normalized spacial score (nSPS) is 10.8. The fourth-order valence-corrected chi connectivity index (χ4v) is 3.07. The van der Waals surface area contributed by atoms with Crippen LogP contribution in [0.1, 0.15) is 12.2 Å². The minimum atomic E-state index is -0.531. The second-order valence-corrected chi connectivity index (χ2v) is 6.66. The average molecular weight is 436 g/mol. The Morgan fingerprint density at radius 3 is 2.75 bits per heavy atom. The van der Waals surface area contributed by atoms with E-state index in [1.54, 1.807) is 43.5 Å². The van der Waals surface area contributed by atoms with Crippen LogP contribution in [0.3, 0.4) is 0 Å². The molecule has 2 aromatic heterocycles. The average Bonchev–Trinajstić information content (AvgIpc) is 3.11. The van der Waals surface area contributed by atoms with E-state index in [1.165, 1.54) is 4.57 Å². The summed E-state index contributed by atoms with van der Waals surface area (Å²) in [7, 11) is 1.55. The van der Waals surface area contributed by atoms with Crippen molar-refractivity contribution in [3.8, 4) is 5.75 Å². The summed E-state index contributed by atoms with van der Waals surface area (Å²) in [6.07, 6.45) is -0.0314. The van der Waals surface area contributed by atoms with Gasteiger partial charge in [-0.2, -0.15) is 15.0 Å². The number of nitrogens with zero attached hydrogens (tertiary/aromatic N) is 4. The topological polar surface area (TPSA) is 147 Å². The molecule has 0 saturated carbocycles. The molecule has 2 heterocycles. The van der Waals surface area contributed by atoms with Gasteiger partial charge in [0.2, 0.25) is 11.9 Å². The Bertz CT molecular complexity index is 1320. The van der Waals surface area contributed by atoms with Gasteiger partial charge in [-0.15, -0.1) is 0 Å². The maximum atomic E-state index is 12.2. The highest BCUT2D eigenvalue weighted by Crippen LogP contribution is 2.25. The summed E-state index contributed by atoms with van der Waals surface area (Å²) < 4.78 is 17.1. The number of fused-ring (bicyclic) bond motifs is 1. The zero-order valence-electron chi connectivity index (χ0n) is 17.1. The third-order valence-corrected chi connectivity index (χ3v) is 4.53. The Balaban J connectivity index is 1.38. The summed E-state index contributed by atoms with van der Waals surface area (Å²) in [4.78, 5) is 36.4. The number of benzene rings is 2.